The summed E-state index contributed by atoms with van der Waals surface area (Å²) in [5.74, 6) is 0.430. The number of likely N-dealkylation sites (tertiary alicyclic amines) is 1. The Kier molecular flexibility index (Phi) is 5.38. The Hall–Kier alpha value is -1.64. The fraction of sp³-hybridized carbons (Fsp3) is 0.619. The molecule has 1 aromatic carbocycles. The van der Waals surface area contributed by atoms with Gasteiger partial charge >= 0.3 is 6.03 Å². The van der Waals surface area contributed by atoms with E-state index in [0.29, 0.717) is 24.3 Å². The van der Waals surface area contributed by atoms with E-state index >= 15 is 0 Å². The van der Waals surface area contributed by atoms with Crippen LogP contribution >= 0.6 is 15.9 Å². The monoisotopic (exact) mass is 465 g/mol. The molecule has 158 valence electrons. The molecule has 2 fully saturated rings. The molecule has 4 rings (SSSR count). The molecule has 1 aromatic rings. The molecule has 1 atom stereocenters. The molecule has 0 saturated carbocycles. The van der Waals surface area contributed by atoms with Crippen molar-refractivity contribution in [2.75, 3.05) is 26.2 Å². The topological polar surface area (TPSA) is 82.1 Å². The molecular formula is C21H28BrN3O4. The van der Waals surface area contributed by atoms with Crippen molar-refractivity contribution >= 4 is 27.9 Å². The molecule has 0 aliphatic carbocycles. The molecule has 29 heavy (non-hydrogen) atoms. The molecule has 3 heterocycles. The largest absolute Gasteiger partial charge is 0.487 e. The number of fused-ring (bicyclic) bond motifs is 2. The number of amides is 3. The van der Waals surface area contributed by atoms with Gasteiger partial charge in [-0.1, -0.05) is 15.9 Å². The number of ether oxygens (including phenoxy) is 1. The number of rotatable bonds is 4. The van der Waals surface area contributed by atoms with Crippen LogP contribution in [0.4, 0.5) is 4.79 Å². The maximum absolute atomic E-state index is 13.5. The van der Waals surface area contributed by atoms with E-state index in [1.807, 2.05) is 32.0 Å². The Morgan fingerprint density at radius 1 is 1.24 bits per heavy atom. The summed E-state index contributed by atoms with van der Waals surface area (Å²) < 4.78 is 6.92. The minimum atomic E-state index is -1.09. The second-order valence-corrected chi connectivity index (χ2v) is 9.81. The average Bonchev–Trinajstić information content (AvgIpc) is 2.88. The number of imide groups is 1. The molecule has 8 heteroatoms. The quantitative estimate of drug-likeness (QED) is 0.667. The lowest BCUT2D eigenvalue weighted by atomic mass is 9.77. The summed E-state index contributed by atoms with van der Waals surface area (Å²) >= 11 is 3.47. The Bertz CT molecular complexity index is 822. The summed E-state index contributed by atoms with van der Waals surface area (Å²) in [5, 5.41) is 12.6. The minimum Gasteiger partial charge on any atom is -0.487 e. The van der Waals surface area contributed by atoms with Gasteiger partial charge in [-0.2, -0.15) is 0 Å². The van der Waals surface area contributed by atoms with Crippen molar-refractivity contribution in [1.29, 1.82) is 0 Å². The van der Waals surface area contributed by atoms with Crippen LogP contribution in [0.3, 0.4) is 0 Å². The molecule has 3 aliphatic rings. The first-order chi connectivity index (χ1) is 13.7. The Morgan fingerprint density at radius 2 is 1.97 bits per heavy atom. The van der Waals surface area contributed by atoms with Crippen molar-refractivity contribution in [2.45, 2.75) is 56.8 Å². The van der Waals surface area contributed by atoms with Crippen molar-refractivity contribution in [3.8, 4) is 5.75 Å². The molecular weight excluding hydrogens is 438 g/mol. The molecule has 2 N–H and O–H groups in total. The predicted octanol–water partition coefficient (Wildman–Crippen LogP) is 2.60. The number of hydrogen-bond acceptors (Lipinski definition) is 5. The van der Waals surface area contributed by atoms with Crippen LogP contribution in [0.15, 0.2) is 22.7 Å². The van der Waals surface area contributed by atoms with Crippen molar-refractivity contribution in [3.05, 3.63) is 28.2 Å². The van der Waals surface area contributed by atoms with Crippen LogP contribution in [-0.2, 0) is 10.3 Å². The number of nitrogens with zero attached hydrogens (tertiary/aromatic N) is 2. The van der Waals surface area contributed by atoms with Crippen molar-refractivity contribution in [2.24, 2.45) is 0 Å². The van der Waals surface area contributed by atoms with E-state index in [9.17, 15) is 14.7 Å². The second kappa shape index (κ2) is 7.56. The summed E-state index contributed by atoms with van der Waals surface area (Å²) in [4.78, 5) is 29.9. The van der Waals surface area contributed by atoms with Gasteiger partial charge in [-0.3, -0.25) is 9.69 Å². The molecule has 3 aliphatic heterocycles. The van der Waals surface area contributed by atoms with E-state index in [-0.39, 0.29) is 18.0 Å². The molecule has 1 unspecified atom stereocenters. The standard InChI is InChI=1S/C21H28BrN3O4/c1-20(2)13-21(16-12-14(22)4-5-17(16)29-20)18(27)25(19(28)23-21)9-3-8-24-10-6-15(26)7-11-24/h4-5,12,15,26H,3,6-11,13H2,1-2H3,(H,23,28). The maximum Gasteiger partial charge on any atom is 0.325 e. The van der Waals surface area contributed by atoms with Gasteiger partial charge in [0.05, 0.1) is 6.10 Å². The summed E-state index contributed by atoms with van der Waals surface area (Å²) in [6.45, 7) is 6.79. The lowest BCUT2D eigenvalue weighted by Crippen LogP contribution is -2.53. The van der Waals surface area contributed by atoms with Gasteiger partial charge in [-0.15, -0.1) is 0 Å². The highest BCUT2D eigenvalue weighted by atomic mass is 79.9. The van der Waals surface area contributed by atoms with E-state index in [2.05, 4.69) is 26.1 Å². The second-order valence-electron chi connectivity index (χ2n) is 8.90. The first kappa shape index (κ1) is 20.6. The lowest BCUT2D eigenvalue weighted by Gasteiger charge is -2.42. The molecule has 1 spiro atoms. The lowest BCUT2D eigenvalue weighted by molar-refractivity contribution is -0.134. The number of carbonyl (C=O) groups excluding carboxylic acids is 2. The van der Waals surface area contributed by atoms with Crippen molar-refractivity contribution < 1.29 is 19.4 Å². The van der Waals surface area contributed by atoms with Gasteiger partial charge in [-0.25, -0.2) is 4.79 Å². The third kappa shape index (κ3) is 3.90. The van der Waals surface area contributed by atoms with Crippen LogP contribution in [0.1, 0.15) is 45.1 Å². The first-order valence-electron chi connectivity index (χ1n) is 10.2. The Labute approximate surface area is 179 Å². The highest BCUT2D eigenvalue weighted by Gasteiger charge is 2.58. The first-order valence-corrected chi connectivity index (χ1v) is 11.0. The molecule has 7 nitrogen and oxygen atoms in total. The van der Waals surface area contributed by atoms with Gasteiger partial charge in [0.2, 0.25) is 0 Å². The molecule has 0 radical (unpaired) electrons. The van der Waals surface area contributed by atoms with Gasteiger partial charge < -0.3 is 20.1 Å². The van der Waals surface area contributed by atoms with Crippen LogP contribution in [0.5, 0.6) is 5.75 Å². The van der Waals surface area contributed by atoms with Gasteiger partial charge in [0.15, 0.2) is 5.54 Å². The van der Waals surface area contributed by atoms with E-state index in [0.717, 1.165) is 43.4 Å². The summed E-state index contributed by atoms with van der Waals surface area (Å²) in [7, 11) is 0. The Morgan fingerprint density at radius 3 is 2.69 bits per heavy atom. The van der Waals surface area contributed by atoms with E-state index < -0.39 is 11.1 Å². The molecule has 0 bridgehead atoms. The SMILES string of the molecule is CC1(C)CC2(NC(=O)N(CCCN3CCC(O)CC3)C2=O)c2cc(Br)ccc2O1. The van der Waals surface area contributed by atoms with Crippen molar-refractivity contribution in [3.63, 3.8) is 0 Å². The number of nitrogens with one attached hydrogen (secondary N) is 1. The number of benzene rings is 1. The summed E-state index contributed by atoms with van der Waals surface area (Å²) in [6, 6.07) is 5.25. The third-order valence-electron chi connectivity index (χ3n) is 6.07. The van der Waals surface area contributed by atoms with Crippen LogP contribution in [0.25, 0.3) is 0 Å². The number of aliphatic hydroxyl groups excluding tert-OH is 1. The van der Waals surface area contributed by atoms with E-state index in [4.69, 9.17) is 4.74 Å². The molecule has 2 saturated heterocycles. The van der Waals surface area contributed by atoms with Crippen LogP contribution in [-0.4, -0.2) is 64.7 Å². The highest BCUT2D eigenvalue weighted by molar-refractivity contribution is 9.10. The number of urea groups is 1. The fourth-order valence-electron chi connectivity index (χ4n) is 4.72. The zero-order valence-corrected chi connectivity index (χ0v) is 18.5. The number of piperidine rings is 1. The van der Waals surface area contributed by atoms with Gasteiger partial charge in [0.25, 0.3) is 5.91 Å². The highest BCUT2D eigenvalue weighted by Crippen LogP contribution is 2.47. The smallest absolute Gasteiger partial charge is 0.325 e. The Balaban J connectivity index is 1.51. The number of aliphatic hydroxyl groups is 1. The van der Waals surface area contributed by atoms with E-state index in [1.165, 1.54) is 4.90 Å². The zero-order valence-electron chi connectivity index (χ0n) is 16.9. The summed E-state index contributed by atoms with van der Waals surface area (Å²) in [6.07, 6.45) is 2.47. The van der Waals surface area contributed by atoms with Crippen LogP contribution < -0.4 is 10.1 Å². The average molecular weight is 466 g/mol. The number of hydrogen-bond donors (Lipinski definition) is 2. The summed E-state index contributed by atoms with van der Waals surface area (Å²) in [5.41, 5.74) is -0.959. The molecule has 3 amide bonds. The number of halogens is 1. The predicted molar refractivity (Wildman–Crippen MR) is 112 cm³/mol. The fourth-order valence-corrected chi connectivity index (χ4v) is 5.08. The van der Waals surface area contributed by atoms with E-state index in [1.54, 1.807) is 0 Å². The van der Waals surface area contributed by atoms with Crippen LogP contribution in [0.2, 0.25) is 0 Å². The minimum absolute atomic E-state index is 0.201. The maximum atomic E-state index is 13.5. The van der Waals surface area contributed by atoms with Gasteiger partial charge in [-0.05, 0) is 57.9 Å². The molecule has 0 aromatic heterocycles. The normalized spacial score (nSPS) is 27.1. The van der Waals surface area contributed by atoms with Crippen molar-refractivity contribution in [1.82, 2.24) is 15.1 Å². The zero-order chi connectivity index (χ0) is 20.8. The van der Waals surface area contributed by atoms with Gasteiger partial charge in [0.1, 0.15) is 11.4 Å². The number of carbonyl (C=O) groups is 2. The third-order valence-corrected chi connectivity index (χ3v) is 6.56. The van der Waals surface area contributed by atoms with Crippen LogP contribution in [0, 0.1) is 0 Å². The van der Waals surface area contributed by atoms with Gasteiger partial charge in [0, 0.05) is 36.1 Å².